The number of nitrogens with one attached hydrogen (secondary N) is 2. The standard InChI is InChI=1S/C16H29N5S.HI/c1-13-5-9-21(10-6-13)8-4-7-18-16(17-3)19-11-15-14(2)20-12-22-15;/h12-13H,4-11H2,1-3H3,(H2,17,18,19);1H. The molecule has 5 nitrogen and oxygen atoms in total. The quantitative estimate of drug-likeness (QED) is 0.302. The fourth-order valence-electron chi connectivity index (χ4n) is 2.68. The fourth-order valence-corrected chi connectivity index (χ4v) is 3.39. The summed E-state index contributed by atoms with van der Waals surface area (Å²) in [6.07, 6.45) is 3.87. The van der Waals surface area contributed by atoms with Gasteiger partial charge >= 0.3 is 0 Å². The molecular weight excluding hydrogens is 421 g/mol. The van der Waals surface area contributed by atoms with Gasteiger partial charge in [-0.05, 0) is 51.7 Å². The van der Waals surface area contributed by atoms with Crippen LogP contribution in [0.25, 0.3) is 0 Å². The highest BCUT2D eigenvalue weighted by molar-refractivity contribution is 14.0. The van der Waals surface area contributed by atoms with Crippen LogP contribution < -0.4 is 10.6 Å². The summed E-state index contributed by atoms with van der Waals surface area (Å²) < 4.78 is 0. The Bertz CT molecular complexity index is 469. The van der Waals surface area contributed by atoms with Gasteiger partial charge < -0.3 is 15.5 Å². The van der Waals surface area contributed by atoms with Gasteiger partial charge in [-0.25, -0.2) is 4.98 Å². The van der Waals surface area contributed by atoms with Gasteiger partial charge in [0.2, 0.25) is 0 Å². The van der Waals surface area contributed by atoms with Gasteiger partial charge in [-0.3, -0.25) is 4.99 Å². The normalized spacial score (nSPS) is 16.9. The minimum atomic E-state index is 0. The maximum Gasteiger partial charge on any atom is 0.191 e. The van der Waals surface area contributed by atoms with Crippen LogP contribution >= 0.6 is 35.3 Å². The lowest BCUT2D eigenvalue weighted by Crippen LogP contribution is -2.39. The molecule has 0 aliphatic carbocycles. The predicted octanol–water partition coefficient (Wildman–Crippen LogP) is 2.86. The Hall–Kier alpha value is -0.410. The third-order valence-electron chi connectivity index (χ3n) is 4.30. The number of nitrogens with zero attached hydrogens (tertiary/aromatic N) is 3. The van der Waals surface area contributed by atoms with Crippen LogP contribution in [0.5, 0.6) is 0 Å². The molecule has 7 heteroatoms. The van der Waals surface area contributed by atoms with Crippen molar-refractivity contribution in [3.8, 4) is 0 Å². The molecule has 1 fully saturated rings. The Morgan fingerprint density at radius 2 is 2.13 bits per heavy atom. The van der Waals surface area contributed by atoms with E-state index in [0.717, 1.165) is 37.1 Å². The van der Waals surface area contributed by atoms with E-state index in [2.05, 4.69) is 32.4 Å². The zero-order valence-electron chi connectivity index (χ0n) is 14.5. The van der Waals surface area contributed by atoms with Crippen LogP contribution in [0.15, 0.2) is 10.5 Å². The molecule has 1 saturated heterocycles. The molecule has 0 bridgehead atoms. The van der Waals surface area contributed by atoms with Gasteiger partial charge in [0.15, 0.2) is 5.96 Å². The van der Waals surface area contributed by atoms with E-state index in [-0.39, 0.29) is 24.0 Å². The van der Waals surface area contributed by atoms with Crippen molar-refractivity contribution >= 4 is 41.3 Å². The highest BCUT2D eigenvalue weighted by atomic mass is 127. The van der Waals surface area contributed by atoms with Crippen molar-refractivity contribution in [1.29, 1.82) is 0 Å². The SMILES string of the molecule is CN=C(NCCCN1CCC(C)CC1)NCc1scnc1C.I. The van der Waals surface area contributed by atoms with Crippen LogP contribution in [-0.2, 0) is 6.54 Å². The van der Waals surface area contributed by atoms with Crippen molar-refractivity contribution < 1.29 is 0 Å². The number of aryl methyl sites for hydroxylation is 1. The van der Waals surface area contributed by atoms with Gasteiger partial charge in [-0.2, -0.15) is 0 Å². The van der Waals surface area contributed by atoms with Crippen molar-refractivity contribution in [2.45, 2.75) is 39.7 Å². The Morgan fingerprint density at radius 3 is 2.74 bits per heavy atom. The molecule has 0 saturated carbocycles. The maximum absolute atomic E-state index is 4.28. The molecule has 0 aromatic carbocycles. The largest absolute Gasteiger partial charge is 0.356 e. The Morgan fingerprint density at radius 1 is 1.39 bits per heavy atom. The lowest BCUT2D eigenvalue weighted by molar-refractivity contribution is 0.191. The van der Waals surface area contributed by atoms with Crippen molar-refractivity contribution in [1.82, 2.24) is 20.5 Å². The van der Waals surface area contributed by atoms with Crippen LogP contribution in [0.1, 0.15) is 36.8 Å². The first-order valence-electron chi connectivity index (χ1n) is 8.25. The predicted molar refractivity (Wildman–Crippen MR) is 110 cm³/mol. The highest BCUT2D eigenvalue weighted by Crippen LogP contribution is 2.15. The summed E-state index contributed by atoms with van der Waals surface area (Å²) in [6.45, 7) is 9.87. The van der Waals surface area contributed by atoms with Crippen LogP contribution in [0.4, 0.5) is 0 Å². The van der Waals surface area contributed by atoms with E-state index in [1.54, 1.807) is 11.3 Å². The summed E-state index contributed by atoms with van der Waals surface area (Å²) in [6, 6.07) is 0. The number of likely N-dealkylation sites (tertiary alicyclic amines) is 1. The topological polar surface area (TPSA) is 52.6 Å². The smallest absolute Gasteiger partial charge is 0.191 e. The van der Waals surface area contributed by atoms with Gasteiger partial charge in [0.25, 0.3) is 0 Å². The van der Waals surface area contributed by atoms with Gasteiger partial charge in [0.05, 0.1) is 17.7 Å². The number of piperidine rings is 1. The minimum absolute atomic E-state index is 0. The van der Waals surface area contributed by atoms with E-state index in [0.29, 0.717) is 0 Å². The van der Waals surface area contributed by atoms with E-state index in [9.17, 15) is 0 Å². The van der Waals surface area contributed by atoms with Crippen molar-refractivity contribution in [2.24, 2.45) is 10.9 Å². The van der Waals surface area contributed by atoms with E-state index >= 15 is 0 Å². The molecule has 0 amide bonds. The number of guanidine groups is 1. The summed E-state index contributed by atoms with van der Waals surface area (Å²) in [5.41, 5.74) is 2.99. The minimum Gasteiger partial charge on any atom is -0.356 e. The van der Waals surface area contributed by atoms with Crippen molar-refractivity contribution in [3.05, 3.63) is 16.1 Å². The van der Waals surface area contributed by atoms with Crippen LogP contribution in [0, 0.1) is 12.8 Å². The van der Waals surface area contributed by atoms with Gasteiger partial charge in [-0.1, -0.05) is 6.92 Å². The third kappa shape index (κ3) is 7.34. The van der Waals surface area contributed by atoms with Crippen LogP contribution in [-0.4, -0.2) is 49.1 Å². The zero-order valence-corrected chi connectivity index (χ0v) is 17.6. The average Bonchev–Trinajstić information content (AvgIpc) is 2.93. The second kappa shape index (κ2) is 11.2. The first kappa shape index (κ1) is 20.6. The lowest BCUT2D eigenvalue weighted by atomic mass is 9.99. The molecule has 0 spiro atoms. The summed E-state index contributed by atoms with van der Waals surface area (Å²) in [7, 11) is 1.82. The lowest BCUT2D eigenvalue weighted by Gasteiger charge is -2.30. The summed E-state index contributed by atoms with van der Waals surface area (Å²) >= 11 is 1.69. The van der Waals surface area contributed by atoms with Crippen molar-refractivity contribution in [2.75, 3.05) is 33.2 Å². The van der Waals surface area contributed by atoms with Crippen LogP contribution in [0.2, 0.25) is 0 Å². The molecule has 0 unspecified atom stereocenters. The third-order valence-corrected chi connectivity index (χ3v) is 5.24. The van der Waals surface area contributed by atoms with E-state index in [4.69, 9.17) is 0 Å². The zero-order chi connectivity index (χ0) is 15.8. The molecule has 2 N–H and O–H groups in total. The number of aromatic nitrogens is 1. The first-order chi connectivity index (χ1) is 10.7. The first-order valence-corrected chi connectivity index (χ1v) is 9.13. The van der Waals surface area contributed by atoms with Gasteiger partial charge in [0, 0.05) is 18.5 Å². The monoisotopic (exact) mass is 451 g/mol. The molecule has 2 heterocycles. The molecule has 132 valence electrons. The number of thiazole rings is 1. The summed E-state index contributed by atoms with van der Waals surface area (Å²) in [5.74, 6) is 1.78. The number of hydrogen-bond donors (Lipinski definition) is 2. The number of hydrogen-bond acceptors (Lipinski definition) is 4. The van der Waals surface area contributed by atoms with E-state index in [1.165, 1.54) is 37.4 Å². The Labute approximate surface area is 161 Å². The van der Waals surface area contributed by atoms with Crippen LogP contribution in [0.3, 0.4) is 0 Å². The number of aliphatic imine (C=N–C) groups is 1. The molecule has 0 atom stereocenters. The highest BCUT2D eigenvalue weighted by Gasteiger charge is 2.14. The summed E-state index contributed by atoms with van der Waals surface area (Å²) in [5, 5.41) is 6.75. The molecule has 1 aromatic rings. The molecule has 1 aliphatic rings. The van der Waals surface area contributed by atoms with Gasteiger partial charge in [0.1, 0.15) is 0 Å². The maximum atomic E-state index is 4.28. The Kier molecular flexibility index (Phi) is 10.0. The molecule has 1 aliphatic heterocycles. The second-order valence-electron chi connectivity index (χ2n) is 6.09. The fraction of sp³-hybridized carbons (Fsp3) is 0.750. The molecule has 2 rings (SSSR count). The number of rotatable bonds is 6. The molecular formula is C16H30IN5S. The Balaban J connectivity index is 0.00000264. The van der Waals surface area contributed by atoms with Gasteiger partial charge in [-0.15, -0.1) is 35.3 Å². The molecule has 1 aromatic heterocycles. The second-order valence-corrected chi connectivity index (χ2v) is 7.03. The average molecular weight is 451 g/mol. The summed E-state index contributed by atoms with van der Waals surface area (Å²) in [4.78, 5) is 12.4. The number of halogens is 1. The van der Waals surface area contributed by atoms with Crippen molar-refractivity contribution in [3.63, 3.8) is 0 Å². The molecule has 23 heavy (non-hydrogen) atoms. The molecule has 0 radical (unpaired) electrons. The van der Waals surface area contributed by atoms with E-state index < -0.39 is 0 Å². The van der Waals surface area contributed by atoms with E-state index in [1.807, 2.05) is 19.5 Å².